The number of fused-ring (bicyclic) bond motifs is 1. The predicted molar refractivity (Wildman–Crippen MR) is 128 cm³/mol. The lowest BCUT2D eigenvalue weighted by Crippen LogP contribution is -2.15. The van der Waals surface area contributed by atoms with Crippen molar-refractivity contribution < 1.29 is 4.39 Å². The van der Waals surface area contributed by atoms with Crippen molar-refractivity contribution in [1.29, 1.82) is 0 Å². The molecule has 3 aromatic rings. The summed E-state index contributed by atoms with van der Waals surface area (Å²) in [4.78, 5) is 18.6. The first-order valence-electron chi connectivity index (χ1n) is 9.84. The van der Waals surface area contributed by atoms with E-state index in [1.165, 1.54) is 24.5 Å². The molecule has 166 valence electrons. The number of hydrogen-bond donors (Lipinski definition) is 3. The van der Waals surface area contributed by atoms with E-state index < -0.39 is 0 Å². The maximum atomic E-state index is 13.0. The number of halogens is 1. The summed E-state index contributed by atoms with van der Waals surface area (Å²) in [5.74, 6) is 4.77. The van der Waals surface area contributed by atoms with Gasteiger partial charge in [0.15, 0.2) is 0 Å². The second-order valence-electron chi connectivity index (χ2n) is 6.53. The Morgan fingerprint density at radius 3 is 2.38 bits per heavy atom. The number of benzene rings is 1. The summed E-state index contributed by atoms with van der Waals surface area (Å²) in [6, 6.07) is 8.19. The Balaban J connectivity index is 0.000000250. The Morgan fingerprint density at radius 1 is 1.19 bits per heavy atom. The molecule has 32 heavy (non-hydrogen) atoms. The molecule has 0 spiro atoms. The van der Waals surface area contributed by atoms with Crippen molar-refractivity contribution in [3.05, 3.63) is 66.4 Å². The summed E-state index contributed by atoms with van der Waals surface area (Å²) in [5.41, 5.74) is 8.24. The zero-order chi connectivity index (χ0) is 23.5. The molecule has 2 aromatic heterocycles. The maximum absolute atomic E-state index is 13.0. The summed E-state index contributed by atoms with van der Waals surface area (Å²) in [7, 11) is 3.64. The van der Waals surface area contributed by atoms with Crippen LogP contribution >= 0.6 is 0 Å². The van der Waals surface area contributed by atoms with Crippen molar-refractivity contribution in [2.75, 3.05) is 41.9 Å². The van der Waals surface area contributed by atoms with Gasteiger partial charge in [0.2, 0.25) is 5.95 Å². The highest BCUT2D eigenvalue weighted by atomic mass is 19.1. The lowest BCUT2D eigenvalue weighted by atomic mass is 10.2. The number of terminal acetylenes is 1. The summed E-state index contributed by atoms with van der Waals surface area (Å²) in [6.07, 6.45) is 8.38. The smallest absolute Gasteiger partial charge is 0.226 e. The summed E-state index contributed by atoms with van der Waals surface area (Å²) < 4.78 is 13.0. The SMILES string of the molecule is C#CC=C.CNc1nc(NC)c2c(n1)N(c1ccc(F)cc1)CC2.Cc1cc(N)ncn1. The molecule has 0 amide bonds. The van der Waals surface area contributed by atoms with E-state index in [0.717, 1.165) is 41.5 Å². The van der Waals surface area contributed by atoms with E-state index in [1.807, 2.05) is 14.0 Å². The van der Waals surface area contributed by atoms with Crippen LogP contribution < -0.4 is 21.3 Å². The molecule has 0 radical (unpaired) electrons. The van der Waals surface area contributed by atoms with E-state index in [1.54, 1.807) is 25.2 Å². The average Bonchev–Trinajstić information content (AvgIpc) is 3.23. The minimum Gasteiger partial charge on any atom is -0.384 e. The average molecular weight is 435 g/mol. The highest BCUT2D eigenvalue weighted by molar-refractivity contribution is 5.72. The second-order valence-corrected chi connectivity index (χ2v) is 6.53. The van der Waals surface area contributed by atoms with Gasteiger partial charge < -0.3 is 21.3 Å². The van der Waals surface area contributed by atoms with E-state index in [4.69, 9.17) is 5.73 Å². The molecule has 9 heteroatoms. The van der Waals surface area contributed by atoms with Gasteiger partial charge in [-0.25, -0.2) is 14.4 Å². The van der Waals surface area contributed by atoms with Crippen LogP contribution in [0, 0.1) is 25.1 Å². The number of nitrogens with two attached hydrogens (primary N) is 1. The zero-order valence-corrected chi connectivity index (χ0v) is 18.4. The van der Waals surface area contributed by atoms with Gasteiger partial charge >= 0.3 is 0 Å². The minimum atomic E-state index is -0.234. The van der Waals surface area contributed by atoms with Gasteiger partial charge in [-0.2, -0.15) is 9.97 Å². The molecule has 1 aliphatic rings. The lowest BCUT2D eigenvalue weighted by Gasteiger charge is -2.19. The van der Waals surface area contributed by atoms with E-state index in [2.05, 4.69) is 54.4 Å². The Morgan fingerprint density at radius 2 is 1.88 bits per heavy atom. The number of nitrogens with one attached hydrogen (secondary N) is 2. The van der Waals surface area contributed by atoms with E-state index >= 15 is 0 Å². The van der Waals surface area contributed by atoms with Gasteiger partial charge in [0.05, 0.1) is 0 Å². The van der Waals surface area contributed by atoms with Crippen LogP contribution in [0.2, 0.25) is 0 Å². The molecule has 0 unspecified atom stereocenters. The minimum absolute atomic E-state index is 0.234. The largest absolute Gasteiger partial charge is 0.384 e. The molecule has 0 fully saturated rings. The zero-order valence-electron chi connectivity index (χ0n) is 18.4. The first kappa shape index (κ1) is 24.1. The Labute approximate surface area is 187 Å². The number of nitrogens with zero attached hydrogens (tertiary/aromatic N) is 5. The molecular formula is C23H27FN8. The van der Waals surface area contributed by atoms with Crippen molar-refractivity contribution in [2.24, 2.45) is 0 Å². The topological polar surface area (TPSA) is 105 Å². The second kappa shape index (κ2) is 11.9. The molecular weight excluding hydrogens is 407 g/mol. The Kier molecular flexibility index (Phi) is 8.92. The molecule has 0 aliphatic carbocycles. The third-order valence-corrected chi connectivity index (χ3v) is 4.37. The molecule has 0 saturated carbocycles. The number of aryl methyl sites for hydroxylation is 1. The van der Waals surface area contributed by atoms with Gasteiger partial charge in [-0.05, 0) is 43.7 Å². The molecule has 4 N–H and O–H groups in total. The van der Waals surface area contributed by atoms with Gasteiger partial charge in [-0.15, -0.1) is 6.42 Å². The van der Waals surface area contributed by atoms with E-state index in [0.29, 0.717) is 11.8 Å². The number of hydrogen-bond acceptors (Lipinski definition) is 8. The van der Waals surface area contributed by atoms with Gasteiger partial charge in [0, 0.05) is 43.7 Å². The molecule has 8 nitrogen and oxygen atoms in total. The predicted octanol–water partition coefficient (Wildman–Crippen LogP) is 3.57. The lowest BCUT2D eigenvalue weighted by molar-refractivity contribution is 0.628. The first-order chi connectivity index (χ1) is 15.4. The quantitative estimate of drug-likeness (QED) is 0.538. The summed E-state index contributed by atoms with van der Waals surface area (Å²) in [5, 5.41) is 6.07. The van der Waals surface area contributed by atoms with Crippen LogP contribution in [0.4, 0.5) is 33.5 Å². The first-order valence-corrected chi connectivity index (χ1v) is 9.84. The van der Waals surface area contributed by atoms with Crippen LogP contribution in [0.25, 0.3) is 0 Å². The number of rotatable bonds is 3. The molecule has 0 saturated heterocycles. The monoisotopic (exact) mass is 434 g/mol. The van der Waals surface area contributed by atoms with Crippen molar-refractivity contribution in [3.63, 3.8) is 0 Å². The fourth-order valence-corrected chi connectivity index (χ4v) is 2.92. The highest BCUT2D eigenvalue weighted by Gasteiger charge is 2.26. The van der Waals surface area contributed by atoms with Crippen LogP contribution in [0.3, 0.4) is 0 Å². The third-order valence-electron chi connectivity index (χ3n) is 4.37. The van der Waals surface area contributed by atoms with E-state index in [-0.39, 0.29) is 5.82 Å². The number of aromatic nitrogens is 4. The van der Waals surface area contributed by atoms with Gasteiger partial charge in [0.1, 0.15) is 29.6 Å². The third kappa shape index (κ3) is 6.40. The summed E-state index contributed by atoms with van der Waals surface area (Å²) >= 11 is 0. The van der Waals surface area contributed by atoms with Gasteiger partial charge in [-0.1, -0.05) is 12.5 Å². The molecule has 0 atom stereocenters. The van der Waals surface area contributed by atoms with Crippen LogP contribution in [-0.2, 0) is 6.42 Å². The van der Waals surface area contributed by atoms with Gasteiger partial charge in [-0.3, -0.25) is 0 Å². The molecule has 1 aliphatic heterocycles. The standard InChI is InChI=1S/C14H16FN5.C5H7N3.C4H4/c1-16-12-11-7-8-20(10-5-3-9(15)4-6-10)13(11)19-14(17-2)18-12;1-4-2-5(6)8-3-7-4;1-3-4-2/h3-6H,7-8H2,1-2H3,(H2,16,17,18,19);2-3H,1H3,(H2,6,7,8);1,4H,2H2. The number of nitrogen functional groups attached to an aromatic ring is 1. The van der Waals surface area contributed by atoms with Crippen LogP contribution in [0.15, 0.2) is 49.3 Å². The highest BCUT2D eigenvalue weighted by Crippen LogP contribution is 2.36. The van der Waals surface area contributed by atoms with Crippen molar-refractivity contribution in [3.8, 4) is 12.3 Å². The maximum Gasteiger partial charge on any atom is 0.226 e. The normalized spacial score (nSPS) is 11.0. The van der Waals surface area contributed by atoms with Crippen LogP contribution in [-0.4, -0.2) is 40.6 Å². The van der Waals surface area contributed by atoms with Crippen molar-refractivity contribution >= 4 is 29.1 Å². The van der Waals surface area contributed by atoms with Crippen molar-refractivity contribution in [2.45, 2.75) is 13.3 Å². The Hall–Kier alpha value is -4.19. The molecule has 4 rings (SSSR count). The fraction of sp³-hybridized carbons (Fsp3) is 0.217. The molecule has 1 aromatic carbocycles. The fourth-order valence-electron chi connectivity index (χ4n) is 2.92. The molecule has 3 heterocycles. The summed E-state index contributed by atoms with van der Waals surface area (Å²) in [6.45, 7) is 5.93. The van der Waals surface area contributed by atoms with Crippen LogP contribution in [0.5, 0.6) is 0 Å². The Bertz CT molecular complexity index is 1060. The number of allylic oxidation sites excluding steroid dienone is 1. The van der Waals surface area contributed by atoms with E-state index in [9.17, 15) is 4.39 Å². The van der Waals surface area contributed by atoms with Crippen LogP contribution in [0.1, 0.15) is 11.3 Å². The van der Waals surface area contributed by atoms with Crippen molar-refractivity contribution in [1.82, 2.24) is 19.9 Å². The van der Waals surface area contributed by atoms with Gasteiger partial charge in [0.25, 0.3) is 0 Å². The molecule has 0 bridgehead atoms. The number of anilines is 5.